The molecule has 1 aromatic carbocycles. The van der Waals surface area contributed by atoms with E-state index >= 15 is 0 Å². The van der Waals surface area contributed by atoms with E-state index in [0.29, 0.717) is 13.0 Å². The summed E-state index contributed by atoms with van der Waals surface area (Å²) in [4.78, 5) is 40.8. The van der Waals surface area contributed by atoms with Crippen LogP contribution < -0.4 is 10.6 Å². The maximum atomic E-state index is 13.3. The fourth-order valence-corrected chi connectivity index (χ4v) is 8.74. The monoisotopic (exact) mass is 481 g/mol. The molecule has 2 bridgehead atoms. The highest BCUT2D eigenvalue weighted by Crippen LogP contribution is 2.67. The lowest BCUT2D eigenvalue weighted by Gasteiger charge is -2.35. The van der Waals surface area contributed by atoms with E-state index in [4.69, 9.17) is 0 Å². The molecule has 3 unspecified atom stereocenters. The van der Waals surface area contributed by atoms with Crippen molar-refractivity contribution in [3.63, 3.8) is 0 Å². The third kappa shape index (κ3) is 3.18. The van der Waals surface area contributed by atoms with E-state index in [2.05, 4.69) is 26.6 Å². The summed E-state index contributed by atoms with van der Waals surface area (Å²) in [5.74, 6) is -1.64. The van der Waals surface area contributed by atoms with E-state index in [1.807, 2.05) is 30.3 Å². The van der Waals surface area contributed by atoms with Gasteiger partial charge in [-0.3, -0.25) is 14.4 Å². The number of thioether (sulfide) groups is 1. The highest BCUT2D eigenvalue weighted by molar-refractivity contribution is 9.09. The van der Waals surface area contributed by atoms with Gasteiger partial charge < -0.3 is 20.6 Å². The van der Waals surface area contributed by atoms with Crippen molar-refractivity contribution in [1.82, 2.24) is 15.5 Å². The Kier molecular flexibility index (Phi) is 5.65. The molecule has 0 aliphatic carbocycles. The zero-order chi connectivity index (χ0) is 20.8. The number of carbonyl (C=O) groups excluding carboxylic acids is 3. The van der Waals surface area contributed by atoms with E-state index in [1.165, 1.54) is 4.90 Å². The fourth-order valence-electron chi connectivity index (χ4n) is 5.13. The molecule has 7 nitrogen and oxygen atoms in total. The topological polar surface area (TPSA) is 98.7 Å². The average molecular weight is 482 g/mol. The normalized spacial score (nSPS) is 34.9. The Labute approximate surface area is 182 Å². The molecule has 3 saturated heterocycles. The molecular formula is C20H24BrN3O4S. The minimum Gasteiger partial charge on any atom is -0.395 e. The summed E-state index contributed by atoms with van der Waals surface area (Å²) >= 11 is 5.27. The number of hydrogen-bond donors (Lipinski definition) is 3. The van der Waals surface area contributed by atoms with Gasteiger partial charge in [-0.05, 0) is 12.0 Å². The third-order valence-corrected chi connectivity index (χ3v) is 9.46. The van der Waals surface area contributed by atoms with Gasteiger partial charge in [0.05, 0.1) is 23.2 Å². The Bertz CT molecular complexity index is 825. The summed E-state index contributed by atoms with van der Waals surface area (Å²) in [6, 6.07) is 8.88. The van der Waals surface area contributed by atoms with Crippen molar-refractivity contribution in [1.29, 1.82) is 0 Å². The quantitative estimate of drug-likeness (QED) is 0.514. The van der Waals surface area contributed by atoms with E-state index < -0.39 is 22.6 Å². The summed E-state index contributed by atoms with van der Waals surface area (Å²) in [6.45, 7) is 0.218. The van der Waals surface area contributed by atoms with Gasteiger partial charge in [0.25, 0.3) is 0 Å². The molecule has 3 heterocycles. The zero-order valence-electron chi connectivity index (χ0n) is 16.0. The summed E-state index contributed by atoms with van der Waals surface area (Å²) in [6.07, 6.45) is 0.636. The van der Waals surface area contributed by atoms with Crippen LogP contribution in [0, 0.1) is 11.8 Å². The number of aliphatic hydroxyl groups is 1. The number of halogens is 1. The van der Waals surface area contributed by atoms with Crippen LogP contribution in [0.15, 0.2) is 30.3 Å². The van der Waals surface area contributed by atoms with Crippen LogP contribution in [0.3, 0.4) is 0 Å². The Hall–Kier alpha value is -1.58. The van der Waals surface area contributed by atoms with Crippen LogP contribution in [0.5, 0.6) is 0 Å². The van der Waals surface area contributed by atoms with Crippen LogP contribution in [-0.4, -0.2) is 68.8 Å². The van der Waals surface area contributed by atoms with Crippen LogP contribution in [0.1, 0.15) is 12.0 Å². The lowest BCUT2D eigenvalue weighted by Crippen LogP contribution is -2.54. The van der Waals surface area contributed by atoms with Crippen LogP contribution in [-0.2, 0) is 20.9 Å². The summed E-state index contributed by atoms with van der Waals surface area (Å²) < 4.78 is -0.664. The molecule has 9 heteroatoms. The number of likely N-dealkylation sites (tertiary alicyclic amines) is 1. The second-order valence-electron chi connectivity index (χ2n) is 7.74. The lowest BCUT2D eigenvalue weighted by atomic mass is 9.70. The standard InChI is InChI=1S/C20H24BrN3O4S/c1-22-17(26)13-14-19(28)24(7-8-25)16(20(14)9-12(21)15(13)29-20)18(27)23-10-11-5-3-2-4-6-11/h2-6,12-16,25H,7-10H2,1H3,(H,22,26)(H,23,27)/t12?,13-,14+,15-,16?,20?/m1/s1. The van der Waals surface area contributed by atoms with Crippen LogP contribution in [0.4, 0.5) is 0 Å². The molecule has 3 fully saturated rings. The third-order valence-electron chi connectivity index (χ3n) is 6.24. The number of fused-ring (bicyclic) bond motifs is 1. The number of hydrogen-bond acceptors (Lipinski definition) is 5. The van der Waals surface area contributed by atoms with Crippen LogP contribution >= 0.6 is 27.7 Å². The van der Waals surface area contributed by atoms with Crippen molar-refractivity contribution < 1.29 is 19.5 Å². The van der Waals surface area contributed by atoms with Crippen molar-refractivity contribution in [2.24, 2.45) is 11.8 Å². The number of benzene rings is 1. The average Bonchev–Trinajstić information content (AvgIpc) is 3.31. The molecule has 3 amide bonds. The van der Waals surface area contributed by atoms with Gasteiger partial charge in [0.1, 0.15) is 6.04 Å². The molecule has 29 heavy (non-hydrogen) atoms. The van der Waals surface area contributed by atoms with Gasteiger partial charge >= 0.3 is 0 Å². The van der Waals surface area contributed by atoms with Gasteiger partial charge in [-0.25, -0.2) is 0 Å². The molecule has 0 radical (unpaired) electrons. The van der Waals surface area contributed by atoms with Gasteiger partial charge in [-0.1, -0.05) is 46.3 Å². The summed E-state index contributed by atoms with van der Waals surface area (Å²) in [7, 11) is 1.57. The second-order valence-corrected chi connectivity index (χ2v) is 10.5. The number of alkyl halides is 1. The van der Waals surface area contributed by atoms with E-state index in [0.717, 1.165) is 5.56 Å². The minimum atomic E-state index is -0.708. The highest BCUT2D eigenvalue weighted by atomic mass is 79.9. The number of nitrogens with one attached hydrogen (secondary N) is 2. The number of nitrogens with zero attached hydrogens (tertiary/aromatic N) is 1. The first-order valence-corrected chi connectivity index (χ1v) is 11.5. The zero-order valence-corrected chi connectivity index (χ0v) is 18.4. The summed E-state index contributed by atoms with van der Waals surface area (Å²) in [5.41, 5.74) is 0.970. The van der Waals surface area contributed by atoms with Crippen molar-refractivity contribution >= 4 is 45.4 Å². The second kappa shape index (κ2) is 7.92. The van der Waals surface area contributed by atoms with E-state index in [9.17, 15) is 19.5 Å². The number of carbonyl (C=O) groups is 3. The molecule has 4 rings (SSSR count). The number of aliphatic hydroxyl groups excluding tert-OH is 1. The highest BCUT2D eigenvalue weighted by Gasteiger charge is 2.75. The molecule has 3 aliphatic heterocycles. The lowest BCUT2D eigenvalue weighted by molar-refractivity contribution is -0.140. The predicted molar refractivity (Wildman–Crippen MR) is 113 cm³/mol. The van der Waals surface area contributed by atoms with Gasteiger partial charge in [0, 0.05) is 30.2 Å². The minimum absolute atomic E-state index is 0.0513. The molecule has 6 atom stereocenters. The maximum absolute atomic E-state index is 13.3. The van der Waals surface area contributed by atoms with Gasteiger partial charge in [0.15, 0.2) is 0 Å². The molecule has 3 N–H and O–H groups in total. The number of β-amino-alcohol motifs (C(OH)–C–C–N with tert-alkyl or cyclic N) is 1. The van der Waals surface area contributed by atoms with Crippen molar-refractivity contribution in [2.75, 3.05) is 20.2 Å². The summed E-state index contributed by atoms with van der Waals surface area (Å²) in [5, 5.41) is 15.1. The fraction of sp³-hybridized carbons (Fsp3) is 0.550. The largest absolute Gasteiger partial charge is 0.395 e. The van der Waals surface area contributed by atoms with Crippen molar-refractivity contribution in [2.45, 2.75) is 33.8 Å². The van der Waals surface area contributed by atoms with Gasteiger partial charge in [0.2, 0.25) is 17.7 Å². The first kappa shape index (κ1) is 20.7. The van der Waals surface area contributed by atoms with Crippen molar-refractivity contribution in [3.05, 3.63) is 35.9 Å². The van der Waals surface area contributed by atoms with Crippen molar-refractivity contribution in [3.8, 4) is 0 Å². The first-order valence-electron chi connectivity index (χ1n) is 9.71. The smallest absolute Gasteiger partial charge is 0.244 e. The van der Waals surface area contributed by atoms with Gasteiger partial charge in [-0.15, -0.1) is 11.8 Å². The SMILES string of the molecule is CNC(=O)[C@H]1[C@@H]2SC3(CC2Br)C(C(=O)NCc2ccccc2)N(CCO)C(=O)[C@H]13. The van der Waals surface area contributed by atoms with Crippen LogP contribution in [0.2, 0.25) is 0 Å². The molecule has 0 saturated carbocycles. The van der Waals surface area contributed by atoms with E-state index in [1.54, 1.807) is 18.8 Å². The predicted octanol–water partition coefficient (Wildman–Crippen LogP) is 0.506. The molecule has 0 aromatic heterocycles. The van der Waals surface area contributed by atoms with E-state index in [-0.39, 0.29) is 41.0 Å². The Morgan fingerprint density at radius 1 is 1.31 bits per heavy atom. The molecule has 1 aromatic rings. The maximum Gasteiger partial charge on any atom is 0.244 e. The Balaban J connectivity index is 1.65. The molecular weight excluding hydrogens is 458 g/mol. The molecule has 3 aliphatic rings. The first-order chi connectivity index (χ1) is 13.9. The number of rotatable bonds is 6. The molecule has 1 spiro atoms. The van der Waals surface area contributed by atoms with Gasteiger partial charge in [-0.2, -0.15) is 0 Å². The molecule has 156 valence electrons. The Morgan fingerprint density at radius 3 is 2.69 bits per heavy atom. The Morgan fingerprint density at radius 2 is 2.03 bits per heavy atom. The number of amides is 3. The van der Waals surface area contributed by atoms with Crippen LogP contribution in [0.25, 0.3) is 0 Å².